The number of carbonyl (C=O) groups is 1. The molecule has 0 aliphatic rings. The summed E-state index contributed by atoms with van der Waals surface area (Å²) in [6.07, 6.45) is 1.63. The minimum atomic E-state index is -0.306. The largest absolute Gasteiger partial charge is 0.296 e. The lowest BCUT2D eigenvalue weighted by Gasteiger charge is -2.01. The molecule has 0 unspecified atom stereocenters. The average molecular weight is 260 g/mol. The van der Waals surface area contributed by atoms with Crippen LogP contribution in [0.4, 0.5) is 5.13 Å². The van der Waals surface area contributed by atoms with Gasteiger partial charge in [-0.1, -0.05) is 0 Å². The van der Waals surface area contributed by atoms with Gasteiger partial charge in [0, 0.05) is 11.6 Å². The van der Waals surface area contributed by atoms with E-state index in [1.807, 2.05) is 0 Å². The van der Waals surface area contributed by atoms with E-state index in [-0.39, 0.29) is 5.91 Å². The second-order valence-corrected chi connectivity index (χ2v) is 4.42. The van der Waals surface area contributed by atoms with E-state index in [0.29, 0.717) is 22.3 Å². The molecule has 0 bridgehead atoms. The Labute approximate surface area is 106 Å². The normalized spacial score (nSPS) is 10.7. The maximum Gasteiger partial charge on any atom is 0.277 e. The van der Waals surface area contributed by atoms with Crippen LogP contribution < -0.4 is 5.32 Å². The minimum Gasteiger partial charge on any atom is -0.296 e. The Morgan fingerprint density at radius 3 is 3.06 bits per heavy atom. The van der Waals surface area contributed by atoms with Crippen molar-refractivity contribution in [1.82, 2.24) is 24.8 Å². The van der Waals surface area contributed by atoms with Crippen LogP contribution in [0.3, 0.4) is 0 Å². The number of thiazole rings is 1. The number of aromatic nitrogens is 5. The second kappa shape index (κ2) is 4.15. The number of fused-ring (bicyclic) bond motifs is 1. The van der Waals surface area contributed by atoms with Gasteiger partial charge in [0.05, 0.1) is 0 Å². The quantitative estimate of drug-likeness (QED) is 0.746. The number of hydrogen-bond donors (Lipinski definition) is 1. The van der Waals surface area contributed by atoms with Crippen LogP contribution in [0.1, 0.15) is 16.3 Å². The first-order valence-electron chi connectivity index (χ1n) is 5.14. The topological polar surface area (TPSA) is 85.1 Å². The van der Waals surface area contributed by atoms with Crippen molar-refractivity contribution < 1.29 is 4.79 Å². The zero-order valence-corrected chi connectivity index (χ0v) is 10.2. The van der Waals surface area contributed by atoms with E-state index in [0.717, 1.165) is 0 Å². The number of nitrogens with zero attached hydrogens (tertiary/aromatic N) is 5. The van der Waals surface area contributed by atoms with E-state index in [1.165, 1.54) is 15.9 Å². The van der Waals surface area contributed by atoms with E-state index in [9.17, 15) is 4.79 Å². The number of carbonyl (C=O) groups excluding carboxylic acids is 1. The van der Waals surface area contributed by atoms with Crippen LogP contribution in [0.2, 0.25) is 0 Å². The molecule has 90 valence electrons. The molecule has 1 N–H and O–H groups in total. The van der Waals surface area contributed by atoms with Gasteiger partial charge in [-0.3, -0.25) is 10.1 Å². The van der Waals surface area contributed by atoms with Gasteiger partial charge in [-0.05, 0) is 19.1 Å². The summed E-state index contributed by atoms with van der Waals surface area (Å²) < 4.78 is 1.52. The molecule has 18 heavy (non-hydrogen) atoms. The molecule has 7 nitrogen and oxygen atoms in total. The molecule has 3 rings (SSSR count). The lowest BCUT2D eigenvalue weighted by atomic mass is 10.3. The molecule has 0 fully saturated rings. The predicted molar refractivity (Wildman–Crippen MR) is 65.6 cm³/mol. The van der Waals surface area contributed by atoms with Gasteiger partial charge in [0.15, 0.2) is 16.6 Å². The lowest BCUT2D eigenvalue weighted by molar-refractivity contribution is 0.102. The van der Waals surface area contributed by atoms with Crippen molar-refractivity contribution in [3.05, 3.63) is 35.2 Å². The van der Waals surface area contributed by atoms with Crippen LogP contribution >= 0.6 is 11.3 Å². The van der Waals surface area contributed by atoms with Gasteiger partial charge in [-0.25, -0.2) is 4.98 Å². The van der Waals surface area contributed by atoms with Crippen molar-refractivity contribution >= 4 is 28.0 Å². The van der Waals surface area contributed by atoms with Crippen LogP contribution in [-0.2, 0) is 0 Å². The fraction of sp³-hybridized carbons (Fsp3) is 0.100. The van der Waals surface area contributed by atoms with Gasteiger partial charge in [-0.15, -0.1) is 21.5 Å². The second-order valence-electron chi connectivity index (χ2n) is 3.53. The lowest BCUT2D eigenvalue weighted by Crippen LogP contribution is -2.15. The smallest absolute Gasteiger partial charge is 0.277 e. The molecule has 0 aliphatic heterocycles. The van der Waals surface area contributed by atoms with Crippen molar-refractivity contribution in [3.63, 3.8) is 0 Å². The zero-order chi connectivity index (χ0) is 12.5. The number of anilines is 1. The molecular formula is C10H8N6OS. The summed E-state index contributed by atoms with van der Waals surface area (Å²) in [6.45, 7) is 1.77. The first kappa shape index (κ1) is 10.8. The Morgan fingerprint density at radius 1 is 1.39 bits per heavy atom. The zero-order valence-electron chi connectivity index (χ0n) is 9.36. The van der Waals surface area contributed by atoms with Crippen molar-refractivity contribution in [1.29, 1.82) is 0 Å². The Balaban J connectivity index is 1.93. The average Bonchev–Trinajstić information content (AvgIpc) is 3.00. The van der Waals surface area contributed by atoms with Crippen LogP contribution in [0.5, 0.6) is 0 Å². The summed E-state index contributed by atoms with van der Waals surface area (Å²) >= 11 is 1.35. The van der Waals surface area contributed by atoms with Crippen LogP contribution in [0.15, 0.2) is 23.7 Å². The molecule has 3 aromatic heterocycles. The summed E-state index contributed by atoms with van der Waals surface area (Å²) in [5.41, 5.74) is 0.902. The summed E-state index contributed by atoms with van der Waals surface area (Å²) in [5, 5.41) is 17.0. The highest BCUT2D eigenvalue weighted by Crippen LogP contribution is 2.12. The van der Waals surface area contributed by atoms with Gasteiger partial charge < -0.3 is 0 Å². The van der Waals surface area contributed by atoms with E-state index < -0.39 is 0 Å². The molecular weight excluding hydrogens is 252 g/mol. The number of hydrogen-bond acceptors (Lipinski definition) is 6. The summed E-state index contributed by atoms with van der Waals surface area (Å²) in [4.78, 5) is 15.9. The molecule has 0 saturated heterocycles. The highest BCUT2D eigenvalue weighted by Gasteiger charge is 2.11. The third-order valence-electron chi connectivity index (χ3n) is 2.30. The third kappa shape index (κ3) is 1.82. The maximum atomic E-state index is 11.9. The summed E-state index contributed by atoms with van der Waals surface area (Å²) in [6, 6.07) is 3.30. The van der Waals surface area contributed by atoms with Gasteiger partial charge in [0.1, 0.15) is 5.69 Å². The van der Waals surface area contributed by atoms with Crippen molar-refractivity contribution in [2.75, 3.05) is 5.32 Å². The van der Waals surface area contributed by atoms with Gasteiger partial charge in [-0.2, -0.15) is 9.61 Å². The third-order valence-corrected chi connectivity index (χ3v) is 2.99. The predicted octanol–water partition coefficient (Wildman–Crippen LogP) is 1.14. The molecule has 0 spiro atoms. The Bertz CT molecular complexity index is 704. The fourth-order valence-corrected chi connectivity index (χ4v) is 1.99. The Morgan fingerprint density at radius 2 is 2.28 bits per heavy atom. The number of nitrogens with one attached hydrogen (secondary N) is 1. The van der Waals surface area contributed by atoms with Crippen LogP contribution in [0.25, 0.3) is 5.65 Å². The molecule has 0 saturated carbocycles. The van der Waals surface area contributed by atoms with Crippen molar-refractivity contribution in [2.45, 2.75) is 6.92 Å². The van der Waals surface area contributed by atoms with E-state index in [4.69, 9.17) is 0 Å². The molecule has 3 heterocycles. The highest BCUT2D eigenvalue weighted by atomic mass is 32.1. The van der Waals surface area contributed by atoms with Crippen molar-refractivity contribution in [3.8, 4) is 0 Å². The van der Waals surface area contributed by atoms with E-state index >= 15 is 0 Å². The summed E-state index contributed by atoms with van der Waals surface area (Å²) in [7, 11) is 0. The molecule has 1 amide bonds. The minimum absolute atomic E-state index is 0.292. The Hall–Kier alpha value is -2.35. The first-order valence-corrected chi connectivity index (χ1v) is 6.02. The molecule has 0 atom stereocenters. The molecule has 8 heteroatoms. The highest BCUT2D eigenvalue weighted by molar-refractivity contribution is 7.13. The molecule has 3 aromatic rings. The first-order chi connectivity index (χ1) is 8.74. The number of rotatable bonds is 2. The number of aryl methyl sites for hydroxylation is 1. The van der Waals surface area contributed by atoms with Crippen molar-refractivity contribution in [2.24, 2.45) is 0 Å². The standard InChI is InChI=1S/C10H8N6OS/c1-6-13-14-8-3-2-7(15-16(6)8)9(17)12-10-11-4-5-18-10/h2-5H,1H3,(H,11,12,17). The van der Waals surface area contributed by atoms with E-state index in [2.05, 4.69) is 25.6 Å². The Kier molecular flexibility index (Phi) is 2.49. The molecule has 0 radical (unpaired) electrons. The SMILES string of the molecule is Cc1nnc2ccc(C(=O)Nc3nccs3)nn12. The fourth-order valence-electron chi connectivity index (χ4n) is 1.46. The van der Waals surface area contributed by atoms with Gasteiger partial charge in [0.2, 0.25) is 0 Å². The van der Waals surface area contributed by atoms with Crippen LogP contribution in [-0.4, -0.2) is 30.7 Å². The van der Waals surface area contributed by atoms with E-state index in [1.54, 1.807) is 30.6 Å². The van der Waals surface area contributed by atoms with Crippen LogP contribution in [0, 0.1) is 6.92 Å². The maximum absolute atomic E-state index is 11.9. The number of amides is 1. The molecule has 0 aliphatic carbocycles. The molecule has 0 aromatic carbocycles. The van der Waals surface area contributed by atoms with Gasteiger partial charge in [0.25, 0.3) is 5.91 Å². The van der Waals surface area contributed by atoms with Gasteiger partial charge >= 0.3 is 0 Å². The monoisotopic (exact) mass is 260 g/mol. The summed E-state index contributed by atoms with van der Waals surface area (Å²) in [5.74, 6) is 0.328.